The van der Waals surface area contributed by atoms with Crippen LogP contribution in [0, 0.1) is 23.2 Å². The third-order valence-electron chi connectivity index (χ3n) is 6.20. The zero-order chi connectivity index (χ0) is 20.7. The highest BCUT2D eigenvalue weighted by Crippen LogP contribution is 2.37. The predicted octanol–water partition coefficient (Wildman–Crippen LogP) is 3.69. The summed E-state index contributed by atoms with van der Waals surface area (Å²) >= 11 is 6.31. The van der Waals surface area contributed by atoms with E-state index >= 15 is 0 Å². The molecule has 2 atom stereocenters. The molecular weight excluding hydrogens is 400 g/mol. The number of rotatable bonds is 4. The molecule has 1 aromatic carbocycles. The maximum absolute atomic E-state index is 13.2. The van der Waals surface area contributed by atoms with E-state index in [2.05, 4.69) is 26.5 Å². The first-order valence-corrected chi connectivity index (χ1v) is 10.6. The van der Waals surface area contributed by atoms with E-state index in [0.29, 0.717) is 33.1 Å². The number of nitrogens with zero attached hydrogens (tertiary/aromatic N) is 5. The van der Waals surface area contributed by atoms with E-state index in [4.69, 9.17) is 11.6 Å². The highest BCUT2D eigenvalue weighted by molar-refractivity contribution is 6.33. The monoisotopic (exact) mass is 420 g/mol. The van der Waals surface area contributed by atoms with Crippen molar-refractivity contribution >= 4 is 28.6 Å². The van der Waals surface area contributed by atoms with Crippen molar-refractivity contribution < 1.29 is 0 Å². The van der Waals surface area contributed by atoms with Crippen LogP contribution in [-0.4, -0.2) is 32.6 Å². The van der Waals surface area contributed by atoms with Gasteiger partial charge in [-0.25, -0.2) is 9.99 Å². The number of hydrogen-bond acceptors (Lipinski definition) is 6. The summed E-state index contributed by atoms with van der Waals surface area (Å²) in [7, 11) is 0. The van der Waals surface area contributed by atoms with Crippen LogP contribution in [0.3, 0.4) is 0 Å². The van der Waals surface area contributed by atoms with Gasteiger partial charge in [0.05, 0.1) is 6.07 Å². The SMILES string of the molecule is N#CCn1c(=O)c(-c2ccccc2Cl)cc2cnc(NN3CC4CCCC4C3)nc21. The minimum Gasteiger partial charge on any atom is -0.287 e. The number of hydrazine groups is 1. The summed E-state index contributed by atoms with van der Waals surface area (Å²) in [4.78, 5) is 22.2. The molecule has 1 N–H and O–H groups in total. The second-order valence-corrected chi connectivity index (χ2v) is 8.43. The third kappa shape index (κ3) is 3.32. The lowest BCUT2D eigenvalue weighted by molar-refractivity contribution is 0.369. The molecule has 30 heavy (non-hydrogen) atoms. The van der Waals surface area contributed by atoms with Gasteiger partial charge in [0.2, 0.25) is 5.95 Å². The Bertz CT molecular complexity index is 1200. The number of nitrogens with one attached hydrogen (secondary N) is 1. The van der Waals surface area contributed by atoms with Gasteiger partial charge >= 0.3 is 0 Å². The molecule has 0 spiro atoms. The van der Waals surface area contributed by atoms with Gasteiger partial charge in [-0.2, -0.15) is 10.2 Å². The Labute approximate surface area is 178 Å². The van der Waals surface area contributed by atoms with Crippen molar-refractivity contribution in [2.24, 2.45) is 11.8 Å². The molecule has 1 aliphatic carbocycles. The molecule has 1 saturated carbocycles. The molecule has 152 valence electrons. The molecule has 2 unspecified atom stereocenters. The summed E-state index contributed by atoms with van der Waals surface area (Å²) in [5.41, 5.74) is 4.50. The number of anilines is 1. The van der Waals surface area contributed by atoms with E-state index in [1.54, 1.807) is 24.4 Å². The fourth-order valence-corrected chi connectivity index (χ4v) is 5.01. The molecule has 1 saturated heterocycles. The minimum atomic E-state index is -0.294. The first-order chi connectivity index (χ1) is 14.6. The maximum Gasteiger partial charge on any atom is 0.261 e. The zero-order valence-corrected chi connectivity index (χ0v) is 17.1. The molecule has 8 heteroatoms. The number of benzene rings is 1. The summed E-state index contributed by atoms with van der Waals surface area (Å²) in [6, 6.07) is 11.0. The second kappa shape index (κ2) is 7.71. The molecule has 1 aliphatic heterocycles. The van der Waals surface area contributed by atoms with Gasteiger partial charge in [0.15, 0.2) is 0 Å². The molecule has 2 aromatic heterocycles. The van der Waals surface area contributed by atoms with Crippen LogP contribution in [0.5, 0.6) is 0 Å². The summed E-state index contributed by atoms with van der Waals surface area (Å²) in [5.74, 6) is 1.93. The summed E-state index contributed by atoms with van der Waals surface area (Å²) in [6.07, 6.45) is 5.58. The highest BCUT2D eigenvalue weighted by atomic mass is 35.5. The molecule has 5 rings (SSSR count). The summed E-state index contributed by atoms with van der Waals surface area (Å²) in [6.45, 7) is 1.88. The summed E-state index contributed by atoms with van der Waals surface area (Å²) in [5, 5.41) is 12.6. The van der Waals surface area contributed by atoms with E-state index in [9.17, 15) is 10.1 Å². The Hall–Kier alpha value is -2.95. The van der Waals surface area contributed by atoms with Gasteiger partial charge in [-0.1, -0.05) is 36.2 Å². The predicted molar refractivity (Wildman–Crippen MR) is 116 cm³/mol. The number of hydrogen-bond donors (Lipinski definition) is 1. The normalized spacial score (nSPS) is 20.9. The van der Waals surface area contributed by atoms with Crippen LogP contribution in [-0.2, 0) is 6.54 Å². The van der Waals surface area contributed by atoms with Crippen molar-refractivity contribution in [2.45, 2.75) is 25.8 Å². The van der Waals surface area contributed by atoms with Crippen molar-refractivity contribution in [3.8, 4) is 17.2 Å². The maximum atomic E-state index is 13.2. The number of fused-ring (bicyclic) bond motifs is 2. The largest absolute Gasteiger partial charge is 0.287 e. The zero-order valence-electron chi connectivity index (χ0n) is 16.4. The minimum absolute atomic E-state index is 0.0993. The van der Waals surface area contributed by atoms with Gasteiger partial charge in [0.1, 0.15) is 12.2 Å². The van der Waals surface area contributed by atoms with Crippen molar-refractivity contribution in [2.75, 3.05) is 18.5 Å². The van der Waals surface area contributed by atoms with Crippen LogP contribution in [0.25, 0.3) is 22.2 Å². The van der Waals surface area contributed by atoms with Crippen LogP contribution >= 0.6 is 11.6 Å². The fraction of sp³-hybridized carbons (Fsp3) is 0.364. The summed E-state index contributed by atoms with van der Waals surface area (Å²) < 4.78 is 1.39. The van der Waals surface area contributed by atoms with Gasteiger partial charge in [-0.15, -0.1) is 0 Å². The topological polar surface area (TPSA) is 86.8 Å². The lowest BCUT2D eigenvalue weighted by Gasteiger charge is -2.18. The molecule has 7 nitrogen and oxygen atoms in total. The van der Waals surface area contributed by atoms with E-state index in [-0.39, 0.29) is 12.1 Å². The van der Waals surface area contributed by atoms with Crippen LogP contribution in [0.1, 0.15) is 19.3 Å². The van der Waals surface area contributed by atoms with E-state index < -0.39 is 0 Å². The Kier molecular flexibility index (Phi) is 4.89. The van der Waals surface area contributed by atoms with Crippen LogP contribution in [0.4, 0.5) is 5.95 Å². The first-order valence-electron chi connectivity index (χ1n) is 10.2. The average Bonchev–Trinajstić information content (AvgIpc) is 3.32. The standard InChI is InChI=1S/C22H21ClN6O/c23-19-7-2-1-6-17(19)18-10-16-11-25-22(26-20(16)29(9-8-24)21(18)30)27-28-12-14-4-3-5-15(14)13-28/h1-2,6-7,10-11,14-15H,3-5,9,12-13H2,(H,25,26,27). The van der Waals surface area contributed by atoms with E-state index in [1.807, 2.05) is 12.1 Å². The number of halogens is 1. The Balaban J connectivity index is 1.54. The van der Waals surface area contributed by atoms with E-state index in [1.165, 1.54) is 23.8 Å². The van der Waals surface area contributed by atoms with Gasteiger partial charge in [-0.05, 0) is 36.8 Å². The van der Waals surface area contributed by atoms with Gasteiger partial charge < -0.3 is 0 Å². The van der Waals surface area contributed by atoms with Gasteiger partial charge in [0.25, 0.3) is 5.56 Å². The van der Waals surface area contributed by atoms with Crippen LogP contribution in [0.2, 0.25) is 5.02 Å². The van der Waals surface area contributed by atoms with E-state index in [0.717, 1.165) is 24.9 Å². The quantitative estimate of drug-likeness (QED) is 0.692. The fourth-order valence-electron chi connectivity index (χ4n) is 4.77. The Morgan fingerprint density at radius 2 is 1.97 bits per heavy atom. The van der Waals surface area contributed by atoms with Gasteiger partial charge in [-0.3, -0.25) is 14.8 Å². The number of aromatic nitrogens is 3. The molecule has 3 aromatic rings. The van der Waals surface area contributed by atoms with Crippen molar-refractivity contribution in [1.82, 2.24) is 19.5 Å². The molecule has 2 aliphatic rings. The first kappa shape index (κ1) is 19.0. The second-order valence-electron chi connectivity index (χ2n) is 8.03. The lowest BCUT2D eigenvalue weighted by atomic mass is 10.0. The Morgan fingerprint density at radius 3 is 2.70 bits per heavy atom. The Morgan fingerprint density at radius 1 is 1.20 bits per heavy atom. The molecular formula is C22H21ClN6O. The van der Waals surface area contributed by atoms with Gasteiger partial charge in [0, 0.05) is 40.8 Å². The lowest BCUT2D eigenvalue weighted by Crippen LogP contribution is -2.30. The molecule has 2 fully saturated rings. The van der Waals surface area contributed by atoms with Crippen molar-refractivity contribution in [3.05, 3.63) is 51.9 Å². The van der Waals surface area contributed by atoms with Crippen molar-refractivity contribution in [1.29, 1.82) is 5.26 Å². The van der Waals surface area contributed by atoms with Crippen molar-refractivity contribution in [3.63, 3.8) is 0 Å². The molecule has 0 bridgehead atoms. The average molecular weight is 421 g/mol. The number of pyridine rings is 1. The smallest absolute Gasteiger partial charge is 0.261 e. The molecule has 0 amide bonds. The van der Waals surface area contributed by atoms with Crippen LogP contribution < -0.4 is 11.0 Å². The highest BCUT2D eigenvalue weighted by Gasteiger charge is 2.36. The third-order valence-corrected chi connectivity index (χ3v) is 6.53. The number of nitriles is 1. The molecule has 3 heterocycles. The molecule has 0 radical (unpaired) electrons. The van der Waals surface area contributed by atoms with Crippen LogP contribution in [0.15, 0.2) is 41.3 Å².